The molecule has 4 heterocycles. The number of carbonyl (C=O) groups is 1. The fourth-order valence-corrected chi connectivity index (χ4v) is 8.04. The Morgan fingerprint density at radius 3 is 2.39 bits per heavy atom. The van der Waals surface area contributed by atoms with Crippen LogP contribution in [0.2, 0.25) is 0 Å². The number of fused-ring (bicyclic) bond motifs is 4. The van der Waals surface area contributed by atoms with Crippen LogP contribution < -0.4 is 20.5 Å². The summed E-state index contributed by atoms with van der Waals surface area (Å²) in [5, 5.41) is 35.3. The van der Waals surface area contributed by atoms with E-state index < -0.39 is 12.2 Å². The van der Waals surface area contributed by atoms with Gasteiger partial charge in [-0.25, -0.2) is 4.79 Å². The standard InChI is InChI=1S/C41H52N4O6/c46-36-18-16-33(34-17-19-38(48)43-39(34)36)37(47)27-42-22-9-4-2-1-3-5-10-25-51-32-15-11-14-31(26-32)45(41(49)50)40(30-12-7-6-8-13-30)35-28-44-23-20-29(35)21-24-44/h6-8,11-19,26,29,35,37,40,42,46-47H,1-5,9-10,20-25,27-28H2,(H,43,48)(H,49,50)/t35?,37-,40-/m0/s1. The quantitative estimate of drug-likeness (QED) is 0.0687. The number of phenolic OH excluding ortho intramolecular Hbond substituents is 1. The summed E-state index contributed by atoms with van der Waals surface area (Å²) < 4.78 is 6.13. The molecule has 1 amide bonds. The van der Waals surface area contributed by atoms with Gasteiger partial charge < -0.3 is 35.3 Å². The summed E-state index contributed by atoms with van der Waals surface area (Å²) in [5.41, 5.74) is 2.41. The minimum Gasteiger partial charge on any atom is -0.506 e. The fraction of sp³-hybridized carbons (Fsp3) is 0.463. The molecule has 7 rings (SSSR count). The van der Waals surface area contributed by atoms with E-state index in [1.54, 1.807) is 17.0 Å². The molecule has 5 N–H and O–H groups in total. The van der Waals surface area contributed by atoms with Gasteiger partial charge in [0.25, 0.3) is 0 Å². The van der Waals surface area contributed by atoms with Gasteiger partial charge in [-0.2, -0.15) is 0 Å². The van der Waals surface area contributed by atoms with E-state index in [0.717, 1.165) is 89.5 Å². The highest BCUT2D eigenvalue weighted by atomic mass is 16.5. The lowest BCUT2D eigenvalue weighted by atomic mass is 9.73. The Hall–Kier alpha value is -4.38. The highest BCUT2D eigenvalue weighted by molar-refractivity contribution is 5.88. The molecule has 1 unspecified atom stereocenters. The number of anilines is 1. The van der Waals surface area contributed by atoms with Gasteiger partial charge in [-0.15, -0.1) is 0 Å². The number of ether oxygens (including phenoxy) is 1. The molecule has 3 aliphatic rings. The number of hydrogen-bond acceptors (Lipinski definition) is 7. The molecular weight excluding hydrogens is 644 g/mol. The smallest absolute Gasteiger partial charge is 0.412 e. The normalized spacial score (nSPS) is 19.5. The number of amides is 1. The molecule has 272 valence electrons. The fourth-order valence-electron chi connectivity index (χ4n) is 8.04. The molecular formula is C41H52N4O6. The number of H-pyrrole nitrogens is 1. The number of aromatic hydroxyl groups is 1. The van der Waals surface area contributed by atoms with Crippen LogP contribution in [0.3, 0.4) is 0 Å². The third kappa shape index (κ3) is 9.30. The Balaban J connectivity index is 0.896. The average molecular weight is 697 g/mol. The average Bonchev–Trinajstić information content (AvgIpc) is 3.15. The second-order valence-corrected chi connectivity index (χ2v) is 14.1. The number of rotatable bonds is 18. The van der Waals surface area contributed by atoms with Crippen molar-refractivity contribution in [3.05, 3.63) is 100 Å². The first kappa shape index (κ1) is 36.4. The molecule has 3 fully saturated rings. The van der Waals surface area contributed by atoms with E-state index >= 15 is 0 Å². The van der Waals surface area contributed by atoms with E-state index in [1.807, 2.05) is 42.5 Å². The van der Waals surface area contributed by atoms with Crippen molar-refractivity contribution in [2.75, 3.05) is 44.2 Å². The van der Waals surface area contributed by atoms with Gasteiger partial charge in [0.15, 0.2) is 0 Å². The number of aromatic nitrogens is 1. The van der Waals surface area contributed by atoms with Crippen LogP contribution in [0.4, 0.5) is 10.5 Å². The molecule has 4 aromatic rings. The van der Waals surface area contributed by atoms with Crippen LogP contribution in [-0.4, -0.2) is 70.6 Å². The van der Waals surface area contributed by atoms with Crippen molar-refractivity contribution in [1.29, 1.82) is 0 Å². The zero-order valence-corrected chi connectivity index (χ0v) is 29.4. The third-order valence-electron chi connectivity index (χ3n) is 10.7. The lowest BCUT2D eigenvalue weighted by molar-refractivity contribution is 0.0358. The first-order valence-electron chi connectivity index (χ1n) is 18.6. The summed E-state index contributed by atoms with van der Waals surface area (Å²) in [6.07, 6.45) is 8.16. The predicted molar refractivity (Wildman–Crippen MR) is 201 cm³/mol. The summed E-state index contributed by atoms with van der Waals surface area (Å²) in [6, 6.07) is 23.7. The van der Waals surface area contributed by atoms with Crippen molar-refractivity contribution in [3.8, 4) is 11.5 Å². The summed E-state index contributed by atoms with van der Waals surface area (Å²) in [6.45, 7) is 4.94. The number of carboxylic acid groups (broad SMARTS) is 1. The molecule has 51 heavy (non-hydrogen) atoms. The number of pyridine rings is 1. The number of benzene rings is 3. The van der Waals surface area contributed by atoms with E-state index in [0.29, 0.717) is 47.0 Å². The Kier molecular flexibility index (Phi) is 12.6. The first-order valence-corrected chi connectivity index (χ1v) is 18.6. The summed E-state index contributed by atoms with van der Waals surface area (Å²) >= 11 is 0. The molecule has 3 aromatic carbocycles. The monoisotopic (exact) mass is 696 g/mol. The number of hydrogen-bond donors (Lipinski definition) is 5. The van der Waals surface area contributed by atoms with Crippen LogP contribution in [0.5, 0.6) is 11.5 Å². The Labute approximate surface area is 300 Å². The Morgan fingerprint density at radius 1 is 0.922 bits per heavy atom. The van der Waals surface area contributed by atoms with Crippen LogP contribution >= 0.6 is 0 Å². The highest BCUT2D eigenvalue weighted by Gasteiger charge is 2.43. The van der Waals surface area contributed by atoms with Gasteiger partial charge in [-0.1, -0.05) is 74.6 Å². The number of nitrogens with zero attached hydrogens (tertiary/aromatic N) is 2. The van der Waals surface area contributed by atoms with Crippen LogP contribution in [0.1, 0.15) is 81.1 Å². The van der Waals surface area contributed by atoms with E-state index in [-0.39, 0.29) is 23.3 Å². The number of nitrogens with one attached hydrogen (secondary N) is 2. The number of phenols is 1. The van der Waals surface area contributed by atoms with Crippen LogP contribution in [0.25, 0.3) is 10.9 Å². The topological polar surface area (TPSA) is 138 Å². The van der Waals surface area contributed by atoms with Crippen molar-refractivity contribution in [3.63, 3.8) is 0 Å². The number of aliphatic hydroxyl groups excluding tert-OH is 1. The molecule has 3 aliphatic heterocycles. The second kappa shape index (κ2) is 17.7. The van der Waals surface area contributed by atoms with E-state index in [9.17, 15) is 24.9 Å². The van der Waals surface area contributed by atoms with Crippen molar-refractivity contribution in [2.45, 2.75) is 69.9 Å². The molecule has 0 spiro atoms. The van der Waals surface area contributed by atoms with Crippen molar-refractivity contribution < 1.29 is 24.9 Å². The van der Waals surface area contributed by atoms with Crippen molar-refractivity contribution in [1.82, 2.24) is 15.2 Å². The molecule has 0 saturated carbocycles. The maximum absolute atomic E-state index is 12.9. The SMILES string of the molecule is O=C(O)N(c1cccc(OCCCCCCCCCNC[C@H](O)c2ccc(O)c3[nH]c(=O)ccc23)c1)[C@@H](c1ccccc1)C1CN2CCC1CC2. The number of aromatic amines is 1. The molecule has 2 bridgehead atoms. The zero-order chi connectivity index (χ0) is 35.6. The molecule has 1 aromatic heterocycles. The van der Waals surface area contributed by atoms with E-state index in [2.05, 4.69) is 27.3 Å². The van der Waals surface area contributed by atoms with Gasteiger partial charge in [0.1, 0.15) is 11.5 Å². The number of unbranched alkanes of at least 4 members (excludes halogenated alkanes) is 6. The van der Waals surface area contributed by atoms with E-state index in [4.69, 9.17) is 4.74 Å². The summed E-state index contributed by atoms with van der Waals surface area (Å²) in [4.78, 5) is 31.3. The van der Waals surface area contributed by atoms with Crippen LogP contribution in [0, 0.1) is 11.8 Å². The second-order valence-electron chi connectivity index (χ2n) is 14.1. The molecule has 3 saturated heterocycles. The summed E-state index contributed by atoms with van der Waals surface area (Å²) in [7, 11) is 0. The molecule has 3 atom stereocenters. The lowest BCUT2D eigenvalue weighted by Gasteiger charge is -2.49. The third-order valence-corrected chi connectivity index (χ3v) is 10.7. The maximum atomic E-state index is 12.9. The van der Waals surface area contributed by atoms with Crippen LogP contribution in [0.15, 0.2) is 83.7 Å². The maximum Gasteiger partial charge on any atom is 0.412 e. The van der Waals surface area contributed by atoms with Crippen molar-refractivity contribution in [2.24, 2.45) is 11.8 Å². The Morgan fingerprint density at radius 2 is 1.67 bits per heavy atom. The number of aliphatic hydroxyl groups is 1. The highest BCUT2D eigenvalue weighted by Crippen LogP contribution is 2.44. The van der Waals surface area contributed by atoms with E-state index in [1.165, 1.54) is 12.1 Å². The minimum absolute atomic E-state index is 0.0133. The van der Waals surface area contributed by atoms with Gasteiger partial charge in [-0.3, -0.25) is 9.69 Å². The molecule has 10 heteroatoms. The minimum atomic E-state index is -0.937. The molecule has 0 radical (unpaired) electrons. The first-order chi connectivity index (χ1) is 24.9. The van der Waals surface area contributed by atoms with Crippen LogP contribution in [-0.2, 0) is 0 Å². The largest absolute Gasteiger partial charge is 0.506 e. The molecule has 0 aliphatic carbocycles. The Bertz CT molecular complexity index is 1770. The zero-order valence-electron chi connectivity index (χ0n) is 29.4. The van der Waals surface area contributed by atoms with Crippen molar-refractivity contribution >= 4 is 22.7 Å². The van der Waals surface area contributed by atoms with Gasteiger partial charge in [0, 0.05) is 30.6 Å². The molecule has 10 nitrogen and oxygen atoms in total. The lowest BCUT2D eigenvalue weighted by Crippen LogP contribution is -2.53. The number of piperidine rings is 3. The van der Waals surface area contributed by atoms with Gasteiger partial charge in [0.2, 0.25) is 5.56 Å². The van der Waals surface area contributed by atoms with Gasteiger partial charge in [-0.05, 0) is 92.5 Å². The van der Waals surface area contributed by atoms with Gasteiger partial charge >= 0.3 is 6.09 Å². The summed E-state index contributed by atoms with van der Waals surface area (Å²) in [5.74, 6) is 1.45. The van der Waals surface area contributed by atoms with Gasteiger partial charge in [0.05, 0.1) is 30.0 Å². The predicted octanol–water partition coefficient (Wildman–Crippen LogP) is 7.23.